The number of likely N-dealkylation sites (tertiary alicyclic amines) is 1. The van der Waals surface area contributed by atoms with E-state index in [-0.39, 0.29) is 6.03 Å². The van der Waals surface area contributed by atoms with Gasteiger partial charge in [0.1, 0.15) is 0 Å². The Hall–Kier alpha value is -1.71. The van der Waals surface area contributed by atoms with Gasteiger partial charge in [-0.05, 0) is 36.5 Å². The predicted molar refractivity (Wildman–Crippen MR) is 83.0 cm³/mol. The standard InChI is InChI=1S/C16H25N3O/c1-13-5-4-10-19(12-13)16(20)17-11-14-6-8-15(9-7-14)18(2)3/h6-9,13H,4-5,10-12H2,1-3H3,(H,17,20). The molecule has 2 rings (SSSR count). The summed E-state index contributed by atoms with van der Waals surface area (Å²) in [5.41, 5.74) is 2.30. The molecule has 1 aromatic rings. The van der Waals surface area contributed by atoms with Crippen LogP contribution in [0.4, 0.5) is 10.5 Å². The summed E-state index contributed by atoms with van der Waals surface area (Å²) in [6, 6.07) is 8.34. The van der Waals surface area contributed by atoms with Crippen LogP contribution in [0.5, 0.6) is 0 Å². The molecule has 1 aromatic carbocycles. The zero-order chi connectivity index (χ0) is 14.5. The first-order chi connectivity index (χ1) is 9.56. The summed E-state index contributed by atoms with van der Waals surface area (Å²) in [6.07, 6.45) is 2.35. The third-order valence-corrected chi connectivity index (χ3v) is 3.84. The SMILES string of the molecule is CC1CCCN(C(=O)NCc2ccc(N(C)C)cc2)C1. The monoisotopic (exact) mass is 275 g/mol. The molecule has 1 heterocycles. The van der Waals surface area contributed by atoms with Crippen LogP contribution in [0.15, 0.2) is 24.3 Å². The van der Waals surface area contributed by atoms with Gasteiger partial charge in [-0.3, -0.25) is 0 Å². The zero-order valence-corrected chi connectivity index (χ0v) is 12.7. The van der Waals surface area contributed by atoms with Crippen LogP contribution < -0.4 is 10.2 Å². The van der Waals surface area contributed by atoms with Crippen LogP contribution in [0.25, 0.3) is 0 Å². The van der Waals surface area contributed by atoms with Crippen molar-refractivity contribution in [3.8, 4) is 0 Å². The number of amides is 2. The lowest BCUT2D eigenvalue weighted by atomic mass is 10.0. The second kappa shape index (κ2) is 6.64. The van der Waals surface area contributed by atoms with Crippen molar-refractivity contribution in [2.24, 2.45) is 5.92 Å². The van der Waals surface area contributed by atoms with Crippen LogP contribution in [0.1, 0.15) is 25.3 Å². The minimum Gasteiger partial charge on any atom is -0.378 e. The summed E-state index contributed by atoms with van der Waals surface area (Å²) in [6.45, 7) is 4.57. The molecule has 1 aliphatic rings. The molecule has 0 radical (unpaired) electrons. The summed E-state index contributed by atoms with van der Waals surface area (Å²) in [7, 11) is 4.04. The lowest BCUT2D eigenvalue weighted by Crippen LogP contribution is -2.44. The normalized spacial score (nSPS) is 18.8. The number of benzene rings is 1. The second-order valence-corrected chi connectivity index (χ2v) is 5.91. The molecule has 110 valence electrons. The second-order valence-electron chi connectivity index (χ2n) is 5.91. The number of carbonyl (C=O) groups is 1. The molecular formula is C16H25N3O. The van der Waals surface area contributed by atoms with Gasteiger partial charge in [0, 0.05) is 39.4 Å². The van der Waals surface area contributed by atoms with Crippen molar-refractivity contribution in [3.63, 3.8) is 0 Å². The number of piperidine rings is 1. The third-order valence-electron chi connectivity index (χ3n) is 3.84. The van der Waals surface area contributed by atoms with E-state index >= 15 is 0 Å². The number of nitrogens with zero attached hydrogens (tertiary/aromatic N) is 2. The predicted octanol–water partition coefficient (Wildman–Crippen LogP) is 2.69. The molecule has 0 aliphatic carbocycles. The van der Waals surface area contributed by atoms with E-state index < -0.39 is 0 Å². The molecule has 4 nitrogen and oxygen atoms in total. The van der Waals surface area contributed by atoms with Crippen molar-refractivity contribution in [3.05, 3.63) is 29.8 Å². The van der Waals surface area contributed by atoms with Crippen molar-refractivity contribution in [1.29, 1.82) is 0 Å². The van der Waals surface area contributed by atoms with Crippen molar-refractivity contribution >= 4 is 11.7 Å². The van der Waals surface area contributed by atoms with E-state index in [0.717, 1.165) is 25.1 Å². The molecule has 0 bridgehead atoms. The number of nitrogens with one attached hydrogen (secondary N) is 1. The lowest BCUT2D eigenvalue weighted by molar-refractivity contribution is 0.169. The maximum atomic E-state index is 12.1. The van der Waals surface area contributed by atoms with Gasteiger partial charge in [-0.1, -0.05) is 19.1 Å². The van der Waals surface area contributed by atoms with Crippen molar-refractivity contribution in [1.82, 2.24) is 10.2 Å². The van der Waals surface area contributed by atoms with Gasteiger partial charge in [0.15, 0.2) is 0 Å². The fourth-order valence-electron chi connectivity index (χ4n) is 2.58. The fraction of sp³-hybridized carbons (Fsp3) is 0.562. The molecule has 0 spiro atoms. The Morgan fingerprint density at radius 2 is 2.05 bits per heavy atom. The Morgan fingerprint density at radius 1 is 1.35 bits per heavy atom. The van der Waals surface area contributed by atoms with Crippen LogP contribution in [-0.4, -0.2) is 38.1 Å². The van der Waals surface area contributed by atoms with E-state index in [1.165, 1.54) is 12.1 Å². The first kappa shape index (κ1) is 14.7. The smallest absolute Gasteiger partial charge is 0.317 e. The molecule has 1 aliphatic heterocycles. The molecule has 1 saturated heterocycles. The van der Waals surface area contributed by atoms with E-state index in [1.807, 2.05) is 19.0 Å². The van der Waals surface area contributed by atoms with Crippen LogP contribution in [0, 0.1) is 5.92 Å². The molecule has 1 atom stereocenters. The van der Waals surface area contributed by atoms with Crippen LogP contribution in [0.3, 0.4) is 0 Å². The summed E-state index contributed by atoms with van der Waals surface area (Å²) < 4.78 is 0. The molecule has 1 fully saturated rings. The Bertz CT molecular complexity index is 442. The molecular weight excluding hydrogens is 250 g/mol. The van der Waals surface area contributed by atoms with E-state index in [2.05, 4.69) is 41.4 Å². The molecule has 0 aromatic heterocycles. The highest BCUT2D eigenvalue weighted by Gasteiger charge is 2.20. The van der Waals surface area contributed by atoms with Crippen molar-refractivity contribution in [2.75, 3.05) is 32.1 Å². The maximum Gasteiger partial charge on any atom is 0.317 e. The highest BCUT2D eigenvalue weighted by Crippen LogP contribution is 2.16. The number of anilines is 1. The highest BCUT2D eigenvalue weighted by atomic mass is 16.2. The number of hydrogen-bond acceptors (Lipinski definition) is 2. The largest absolute Gasteiger partial charge is 0.378 e. The van der Waals surface area contributed by atoms with Gasteiger partial charge in [-0.25, -0.2) is 4.79 Å². The van der Waals surface area contributed by atoms with Crippen molar-refractivity contribution < 1.29 is 4.79 Å². The number of carbonyl (C=O) groups excluding carboxylic acids is 1. The van der Waals surface area contributed by atoms with Gasteiger partial charge in [0.2, 0.25) is 0 Å². The Morgan fingerprint density at radius 3 is 2.65 bits per heavy atom. The number of urea groups is 1. The average molecular weight is 275 g/mol. The van der Waals surface area contributed by atoms with E-state index in [1.54, 1.807) is 0 Å². The molecule has 0 saturated carbocycles. The summed E-state index contributed by atoms with van der Waals surface area (Å²) in [5.74, 6) is 0.619. The Kier molecular flexibility index (Phi) is 4.88. The van der Waals surface area contributed by atoms with Gasteiger partial charge >= 0.3 is 6.03 Å². The first-order valence-electron chi connectivity index (χ1n) is 7.35. The minimum atomic E-state index is 0.0632. The molecule has 1 unspecified atom stereocenters. The van der Waals surface area contributed by atoms with Gasteiger partial charge in [0.05, 0.1) is 0 Å². The Labute approximate surface area is 121 Å². The van der Waals surface area contributed by atoms with Gasteiger partial charge in [-0.15, -0.1) is 0 Å². The van der Waals surface area contributed by atoms with Crippen LogP contribution >= 0.6 is 0 Å². The summed E-state index contributed by atoms with van der Waals surface area (Å²) in [4.78, 5) is 16.1. The number of hydrogen-bond donors (Lipinski definition) is 1. The molecule has 2 amide bonds. The topological polar surface area (TPSA) is 35.6 Å². The average Bonchev–Trinajstić information content (AvgIpc) is 2.45. The maximum absolute atomic E-state index is 12.1. The molecule has 4 heteroatoms. The summed E-state index contributed by atoms with van der Waals surface area (Å²) >= 11 is 0. The lowest BCUT2D eigenvalue weighted by Gasteiger charge is -2.31. The van der Waals surface area contributed by atoms with Gasteiger partial charge in [-0.2, -0.15) is 0 Å². The first-order valence-corrected chi connectivity index (χ1v) is 7.35. The van der Waals surface area contributed by atoms with Crippen LogP contribution in [0.2, 0.25) is 0 Å². The highest BCUT2D eigenvalue weighted by molar-refractivity contribution is 5.74. The van der Waals surface area contributed by atoms with Gasteiger partial charge in [0.25, 0.3) is 0 Å². The third kappa shape index (κ3) is 3.89. The fourth-order valence-corrected chi connectivity index (χ4v) is 2.58. The van der Waals surface area contributed by atoms with E-state index in [9.17, 15) is 4.79 Å². The quantitative estimate of drug-likeness (QED) is 0.920. The zero-order valence-electron chi connectivity index (χ0n) is 12.7. The van der Waals surface area contributed by atoms with Crippen LogP contribution in [-0.2, 0) is 6.54 Å². The Balaban J connectivity index is 1.83. The number of rotatable bonds is 3. The molecule has 20 heavy (non-hydrogen) atoms. The van der Waals surface area contributed by atoms with E-state index in [0.29, 0.717) is 12.5 Å². The van der Waals surface area contributed by atoms with Crippen molar-refractivity contribution in [2.45, 2.75) is 26.3 Å². The van der Waals surface area contributed by atoms with E-state index in [4.69, 9.17) is 0 Å². The molecule has 1 N–H and O–H groups in total. The summed E-state index contributed by atoms with van der Waals surface area (Å²) in [5, 5.41) is 3.01. The van der Waals surface area contributed by atoms with Gasteiger partial charge < -0.3 is 15.1 Å². The minimum absolute atomic E-state index is 0.0632.